The van der Waals surface area contributed by atoms with E-state index >= 15 is 0 Å². The predicted molar refractivity (Wildman–Crippen MR) is 53.2 cm³/mol. The lowest BCUT2D eigenvalue weighted by Crippen LogP contribution is -2.00. The summed E-state index contributed by atoms with van der Waals surface area (Å²) in [5, 5.41) is 0. The van der Waals surface area contributed by atoms with E-state index in [9.17, 15) is 4.79 Å². The van der Waals surface area contributed by atoms with Crippen molar-refractivity contribution in [3.63, 3.8) is 0 Å². The summed E-state index contributed by atoms with van der Waals surface area (Å²) in [6, 6.07) is 7.16. The summed E-state index contributed by atoms with van der Waals surface area (Å²) < 4.78 is 9.46. The molecule has 14 heavy (non-hydrogen) atoms. The Morgan fingerprint density at radius 1 is 1.36 bits per heavy atom. The molecule has 0 atom stereocenters. The highest BCUT2D eigenvalue weighted by Gasteiger charge is 1.99. The highest BCUT2D eigenvalue weighted by Crippen LogP contribution is 2.25. The van der Waals surface area contributed by atoms with E-state index in [1.807, 2.05) is 12.1 Å². The lowest BCUT2D eigenvalue weighted by Gasteiger charge is -2.01. The summed E-state index contributed by atoms with van der Waals surface area (Å²) in [5.74, 6) is 0.128. The number of aliphatic imine (C=N–C) groups is 1. The molecule has 0 N–H and O–H groups in total. The van der Waals surface area contributed by atoms with Crippen molar-refractivity contribution >= 4 is 17.9 Å². The van der Waals surface area contributed by atoms with Crippen LogP contribution in [0.25, 0.3) is 0 Å². The van der Waals surface area contributed by atoms with Gasteiger partial charge >= 0.3 is 5.97 Å². The van der Waals surface area contributed by atoms with Crippen molar-refractivity contribution in [3.8, 4) is 5.75 Å². The van der Waals surface area contributed by atoms with E-state index in [-0.39, 0.29) is 0 Å². The van der Waals surface area contributed by atoms with E-state index in [1.165, 1.54) is 7.11 Å². The summed E-state index contributed by atoms with van der Waals surface area (Å²) in [5.41, 5.74) is 0.598. The van der Waals surface area contributed by atoms with Crippen molar-refractivity contribution in [3.05, 3.63) is 24.3 Å². The molecular formula is C10H11NO3. The molecule has 1 aromatic rings. The van der Waals surface area contributed by atoms with Crippen LogP contribution in [0.4, 0.5) is 5.69 Å². The van der Waals surface area contributed by atoms with Crippen LogP contribution in [0.15, 0.2) is 29.3 Å². The fraction of sp³-hybridized carbons (Fsp3) is 0.200. The first-order valence-corrected chi connectivity index (χ1v) is 4.03. The monoisotopic (exact) mass is 193 g/mol. The largest absolute Gasteiger partial charge is 0.494 e. The van der Waals surface area contributed by atoms with Gasteiger partial charge in [0, 0.05) is 0 Å². The van der Waals surface area contributed by atoms with Crippen LogP contribution in [0.1, 0.15) is 0 Å². The Labute approximate surface area is 82.2 Å². The molecule has 4 nitrogen and oxygen atoms in total. The third kappa shape index (κ3) is 2.58. The Bertz CT molecular complexity index is 347. The van der Waals surface area contributed by atoms with Gasteiger partial charge in [0.1, 0.15) is 17.7 Å². The van der Waals surface area contributed by atoms with Gasteiger partial charge in [-0.1, -0.05) is 12.1 Å². The van der Waals surface area contributed by atoms with Crippen LogP contribution in [0.2, 0.25) is 0 Å². The number of esters is 1. The standard InChI is InChI=1S/C10H11NO3/c1-13-9-6-4-3-5-8(9)11-7-10(12)14-2/h3-7H,1-2H3. The van der Waals surface area contributed by atoms with E-state index in [4.69, 9.17) is 4.74 Å². The molecule has 0 amide bonds. The molecule has 0 unspecified atom stereocenters. The van der Waals surface area contributed by atoms with Gasteiger partial charge in [0.05, 0.1) is 14.2 Å². The molecule has 0 saturated carbocycles. The Kier molecular flexibility index (Phi) is 3.67. The Morgan fingerprint density at radius 3 is 2.71 bits per heavy atom. The van der Waals surface area contributed by atoms with Crippen LogP contribution >= 0.6 is 0 Å². The third-order valence-corrected chi connectivity index (χ3v) is 1.60. The van der Waals surface area contributed by atoms with E-state index in [0.29, 0.717) is 11.4 Å². The van der Waals surface area contributed by atoms with E-state index in [0.717, 1.165) is 6.21 Å². The summed E-state index contributed by atoms with van der Waals surface area (Å²) in [6.45, 7) is 0. The van der Waals surface area contributed by atoms with Crippen molar-refractivity contribution < 1.29 is 14.3 Å². The average molecular weight is 193 g/mol. The van der Waals surface area contributed by atoms with Gasteiger partial charge in [0.15, 0.2) is 0 Å². The van der Waals surface area contributed by atoms with Crippen LogP contribution in [0.5, 0.6) is 5.75 Å². The minimum atomic E-state index is -0.490. The number of methoxy groups -OCH3 is 2. The topological polar surface area (TPSA) is 47.9 Å². The van der Waals surface area contributed by atoms with Gasteiger partial charge in [-0.3, -0.25) is 0 Å². The number of ether oxygens (including phenoxy) is 2. The zero-order valence-corrected chi connectivity index (χ0v) is 8.06. The number of carbonyl (C=O) groups excluding carboxylic acids is 1. The first-order valence-electron chi connectivity index (χ1n) is 4.03. The molecule has 0 radical (unpaired) electrons. The second-order valence-electron chi connectivity index (χ2n) is 2.45. The number of benzene rings is 1. The Hall–Kier alpha value is -1.84. The SMILES string of the molecule is COC(=O)C=Nc1ccccc1OC. The zero-order chi connectivity index (χ0) is 10.4. The molecule has 0 aliphatic heterocycles. The summed E-state index contributed by atoms with van der Waals surface area (Å²) in [6.07, 6.45) is 1.11. The number of hydrogen-bond donors (Lipinski definition) is 0. The smallest absolute Gasteiger partial charge is 0.349 e. The lowest BCUT2D eigenvalue weighted by atomic mass is 10.3. The molecule has 0 heterocycles. The van der Waals surface area contributed by atoms with Crippen molar-refractivity contribution in [2.75, 3.05) is 14.2 Å². The van der Waals surface area contributed by atoms with Gasteiger partial charge in [-0.15, -0.1) is 0 Å². The van der Waals surface area contributed by atoms with Crippen LogP contribution in [0, 0.1) is 0 Å². The van der Waals surface area contributed by atoms with Gasteiger partial charge < -0.3 is 9.47 Å². The predicted octanol–water partition coefficient (Wildman–Crippen LogP) is 1.57. The van der Waals surface area contributed by atoms with E-state index in [2.05, 4.69) is 9.73 Å². The first-order chi connectivity index (χ1) is 6.77. The quantitative estimate of drug-likeness (QED) is 0.540. The summed E-state index contributed by atoms with van der Waals surface area (Å²) in [4.78, 5) is 14.7. The molecule has 1 aromatic carbocycles. The molecule has 4 heteroatoms. The molecule has 0 fully saturated rings. The fourth-order valence-electron chi connectivity index (χ4n) is 0.911. The second-order valence-corrected chi connectivity index (χ2v) is 2.45. The summed E-state index contributed by atoms with van der Waals surface area (Å²) in [7, 11) is 2.85. The zero-order valence-electron chi connectivity index (χ0n) is 8.06. The van der Waals surface area contributed by atoms with Crippen molar-refractivity contribution in [2.45, 2.75) is 0 Å². The average Bonchev–Trinajstić information content (AvgIpc) is 2.26. The van der Waals surface area contributed by atoms with Crippen molar-refractivity contribution in [2.24, 2.45) is 4.99 Å². The van der Waals surface area contributed by atoms with E-state index < -0.39 is 5.97 Å². The number of hydrogen-bond acceptors (Lipinski definition) is 4. The van der Waals surface area contributed by atoms with Crippen LogP contribution in [-0.2, 0) is 9.53 Å². The lowest BCUT2D eigenvalue weighted by molar-refractivity contribution is -0.132. The summed E-state index contributed by atoms with van der Waals surface area (Å²) >= 11 is 0. The van der Waals surface area contributed by atoms with E-state index in [1.54, 1.807) is 19.2 Å². The van der Waals surface area contributed by atoms with Gasteiger partial charge in [-0.05, 0) is 12.1 Å². The molecule has 74 valence electrons. The Morgan fingerprint density at radius 2 is 2.07 bits per heavy atom. The maximum Gasteiger partial charge on any atom is 0.349 e. The maximum atomic E-state index is 10.8. The normalized spacial score (nSPS) is 10.1. The number of carbonyl (C=O) groups is 1. The molecule has 0 spiro atoms. The van der Waals surface area contributed by atoms with Gasteiger partial charge in [0.25, 0.3) is 0 Å². The number of para-hydroxylation sites is 2. The fourth-order valence-corrected chi connectivity index (χ4v) is 0.911. The van der Waals surface area contributed by atoms with Gasteiger partial charge in [-0.25, -0.2) is 9.79 Å². The molecule has 0 aliphatic rings. The highest BCUT2D eigenvalue weighted by molar-refractivity contribution is 6.23. The van der Waals surface area contributed by atoms with Gasteiger partial charge in [0.2, 0.25) is 0 Å². The molecular weight excluding hydrogens is 182 g/mol. The van der Waals surface area contributed by atoms with Crippen molar-refractivity contribution in [1.82, 2.24) is 0 Å². The maximum absolute atomic E-state index is 10.8. The van der Waals surface area contributed by atoms with Crippen LogP contribution in [-0.4, -0.2) is 26.4 Å². The minimum absolute atomic E-state index is 0.490. The van der Waals surface area contributed by atoms with Crippen LogP contribution < -0.4 is 4.74 Å². The first kappa shape index (κ1) is 10.2. The van der Waals surface area contributed by atoms with Gasteiger partial charge in [-0.2, -0.15) is 0 Å². The molecule has 0 aromatic heterocycles. The third-order valence-electron chi connectivity index (χ3n) is 1.60. The molecule has 1 rings (SSSR count). The number of rotatable bonds is 3. The molecule has 0 bridgehead atoms. The second kappa shape index (κ2) is 5.01. The minimum Gasteiger partial charge on any atom is -0.494 e. The highest BCUT2D eigenvalue weighted by atomic mass is 16.5. The molecule has 0 aliphatic carbocycles. The number of nitrogens with zero attached hydrogens (tertiary/aromatic N) is 1. The van der Waals surface area contributed by atoms with Crippen LogP contribution in [0.3, 0.4) is 0 Å². The Balaban J connectivity index is 2.85. The van der Waals surface area contributed by atoms with Crippen molar-refractivity contribution in [1.29, 1.82) is 0 Å². The molecule has 0 saturated heterocycles.